The first-order valence-electron chi connectivity index (χ1n) is 5.59. The Hall–Kier alpha value is -1.59. The van der Waals surface area contributed by atoms with E-state index in [1.54, 1.807) is 12.1 Å². The molecule has 6 heteroatoms. The standard InChI is InChI=1S/C12H15N3O2.ClH/c16-11(15-10-4-2-1-3-5-10)8-14-12(17)9-6-13-7-9;/h1-5,9,13H,6-8H2,(H,14,17)(H,15,16);1H. The highest BCUT2D eigenvalue weighted by Crippen LogP contribution is 2.04. The van der Waals surface area contributed by atoms with E-state index in [0.717, 1.165) is 5.69 Å². The molecule has 0 aliphatic carbocycles. The Balaban J connectivity index is 0.00000162. The molecule has 98 valence electrons. The van der Waals surface area contributed by atoms with Gasteiger partial charge in [0.25, 0.3) is 0 Å². The summed E-state index contributed by atoms with van der Waals surface area (Å²) in [6.45, 7) is 1.42. The van der Waals surface area contributed by atoms with Gasteiger partial charge in [-0.2, -0.15) is 0 Å². The molecule has 3 N–H and O–H groups in total. The normalized spacial score (nSPS) is 14.0. The monoisotopic (exact) mass is 269 g/mol. The van der Waals surface area contributed by atoms with Crippen molar-refractivity contribution in [3.63, 3.8) is 0 Å². The zero-order valence-corrected chi connectivity index (χ0v) is 10.6. The van der Waals surface area contributed by atoms with Gasteiger partial charge in [-0.15, -0.1) is 12.4 Å². The van der Waals surface area contributed by atoms with Crippen LogP contribution in [-0.2, 0) is 9.59 Å². The number of halogens is 1. The van der Waals surface area contributed by atoms with Crippen molar-refractivity contribution in [2.45, 2.75) is 0 Å². The predicted molar refractivity (Wildman–Crippen MR) is 71.7 cm³/mol. The molecule has 0 saturated carbocycles. The van der Waals surface area contributed by atoms with Crippen LogP contribution in [0.15, 0.2) is 30.3 Å². The van der Waals surface area contributed by atoms with Crippen LogP contribution in [0, 0.1) is 5.92 Å². The van der Waals surface area contributed by atoms with Crippen molar-refractivity contribution in [2.24, 2.45) is 5.92 Å². The SMILES string of the molecule is Cl.O=C(CNC(=O)C1CNC1)Nc1ccccc1. The van der Waals surface area contributed by atoms with Crippen LogP contribution in [0.5, 0.6) is 0 Å². The van der Waals surface area contributed by atoms with Gasteiger partial charge in [-0.05, 0) is 12.1 Å². The highest BCUT2D eigenvalue weighted by Gasteiger charge is 2.24. The molecule has 1 heterocycles. The number of amides is 2. The zero-order valence-electron chi connectivity index (χ0n) is 9.81. The van der Waals surface area contributed by atoms with E-state index in [1.165, 1.54) is 0 Å². The summed E-state index contributed by atoms with van der Waals surface area (Å²) in [7, 11) is 0. The number of benzene rings is 1. The average molecular weight is 270 g/mol. The number of carbonyl (C=O) groups is 2. The van der Waals surface area contributed by atoms with Crippen LogP contribution < -0.4 is 16.0 Å². The maximum absolute atomic E-state index is 11.5. The fourth-order valence-electron chi connectivity index (χ4n) is 1.51. The second kappa shape index (κ2) is 6.98. The molecule has 0 spiro atoms. The summed E-state index contributed by atoms with van der Waals surface area (Å²) < 4.78 is 0. The summed E-state index contributed by atoms with van der Waals surface area (Å²) in [5.74, 6) is -0.261. The van der Waals surface area contributed by atoms with Gasteiger partial charge in [0.1, 0.15) is 0 Å². The van der Waals surface area contributed by atoms with Crippen molar-refractivity contribution in [1.82, 2.24) is 10.6 Å². The maximum Gasteiger partial charge on any atom is 0.243 e. The van der Waals surface area contributed by atoms with Crippen LogP contribution in [0.25, 0.3) is 0 Å². The Labute approximate surface area is 112 Å². The molecule has 1 aliphatic rings. The third-order valence-electron chi connectivity index (χ3n) is 2.63. The molecule has 1 fully saturated rings. The number of hydrogen-bond donors (Lipinski definition) is 3. The predicted octanol–water partition coefficient (Wildman–Crippen LogP) is 0.382. The van der Waals surface area contributed by atoms with Gasteiger partial charge in [0.2, 0.25) is 11.8 Å². The van der Waals surface area contributed by atoms with Gasteiger partial charge < -0.3 is 16.0 Å². The molecule has 0 bridgehead atoms. The Morgan fingerprint density at radius 1 is 1.22 bits per heavy atom. The molecule has 0 aromatic heterocycles. The van der Waals surface area contributed by atoms with Crippen molar-refractivity contribution < 1.29 is 9.59 Å². The molecule has 1 aromatic rings. The summed E-state index contributed by atoms with van der Waals surface area (Å²) >= 11 is 0. The quantitative estimate of drug-likeness (QED) is 0.740. The molecular weight excluding hydrogens is 254 g/mol. The number of rotatable bonds is 4. The van der Waals surface area contributed by atoms with E-state index in [-0.39, 0.29) is 36.7 Å². The van der Waals surface area contributed by atoms with E-state index < -0.39 is 0 Å². The van der Waals surface area contributed by atoms with Gasteiger partial charge in [0, 0.05) is 18.8 Å². The molecule has 18 heavy (non-hydrogen) atoms. The topological polar surface area (TPSA) is 70.2 Å². The molecule has 2 amide bonds. The van der Waals surface area contributed by atoms with E-state index in [2.05, 4.69) is 16.0 Å². The van der Waals surface area contributed by atoms with Gasteiger partial charge in [0.05, 0.1) is 12.5 Å². The Kier molecular flexibility index (Phi) is 5.61. The lowest BCUT2D eigenvalue weighted by molar-refractivity contribution is -0.128. The van der Waals surface area contributed by atoms with Crippen LogP contribution in [-0.4, -0.2) is 31.4 Å². The lowest BCUT2D eigenvalue weighted by atomic mass is 10.0. The number of anilines is 1. The second-order valence-electron chi connectivity index (χ2n) is 3.99. The van der Waals surface area contributed by atoms with Crippen LogP contribution in [0.2, 0.25) is 0 Å². The Bertz CT molecular complexity index is 407. The average Bonchev–Trinajstić information content (AvgIpc) is 2.25. The first-order chi connectivity index (χ1) is 8.25. The molecule has 1 aliphatic heterocycles. The van der Waals surface area contributed by atoms with Crippen LogP contribution in [0.4, 0.5) is 5.69 Å². The van der Waals surface area contributed by atoms with E-state index in [9.17, 15) is 9.59 Å². The summed E-state index contributed by atoms with van der Waals surface area (Å²) in [5, 5.41) is 8.32. The highest BCUT2D eigenvalue weighted by molar-refractivity contribution is 5.94. The summed E-state index contributed by atoms with van der Waals surface area (Å²) in [4.78, 5) is 23.0. The number of hydrogen-bond acceptors (Lipinski definition) is 3. The number of para-hydroxylation sites is 1. The maximum atomic E-state index is 11.5. The minimum Gasteiger partial charge on any atom is -0.347 e. The summed E-state index contributed by atoms with van der Waals surface area (Å²) in [5.41, 5.74) is 0.733. The molecule has 2 rings (SSSR count). The fraction of sp³-hybridized carbons (Fsp3) is 0.333. The smallest absolute Gasteiger partial charge is 0.243 e. The molecular formula is C12H16ClN3O2. The van der Waals surface area contributed by atoms with Crippen molar-refractivity contribution in [3.8, 4) is 0 Å². The Morgan fingerprint density at radius 3 is 2.44 bits per heavy atom. The van der Waals surface area contributed by atoms with Gasteiger partial charge >= 0.3 is 0 Å². The lowest BCUT2D eigenvalue weighted by Crippen LogP contribution is -2.51. The fourth-order valence-corrected chi connectivity index (χ4v) is 1.51. The largest absolute Gasteiger partial charge is 0.347 e. The zero-order chi connectivity index (χ0) is 12.1. The van der Waals surface area contributed by atoms with E-state index in [4.69, 9.17) is 0 Å². The summed E-state index contributed by atoms with van der Waals surface area (Å²) in [6, 6.07) is 9.16. The minimum atomic E-state index is -0.211. The summed E-state index contributed by atoms with van der Waals surface area (Å²) in [6.07, 6.45) is 0. The lowest BCUT2D eigenvalue weighted by Gasteiger charge is -2.25. The van der Waals surface area contributed by atoms with Crippen molar-refractivity contribution >= 4 is 29.9 Å². The molecule has 0 atom stereocenters. The van der Waals surface area contributed by atoms with Crippen molar-refractivity contribution in [1.29, 1.82) is 0 Å². The van der Waals surface area contributed by atoms with Crippen molar-refractivity contribution in [2.75, 3.05) is 25.0 Å². The first-order valence-corrected chi connectivity index (χ1v) is 5.59. The highest BCUT2D eigenvalue weighted by atomic mass is 35.5. The first kappa shape index (κ1) is 14.5. The molecule has 1 aromatic carbocycles. The van der Waals surface area contributed by atoms with E-state index in [0.29, 0.717) is 13.1 Å². The molecule has 0 radical (unpaired) electrons. The van der Waals surface area contributed by atoms with Crippen LogP contribution in [0.3, 0.4) is 0 Å². The second-order valence-corrected chi connectivity index (χ2v) is 3.99. The number of nitrogens with one attached hydrogen (secondary N) is 3. The van der Waals surface area contributed by atoms with Gasteiger partial charge in [-0.25, -0.2) is 0 Å². The number of carbonyl (C=O) groups excluding carboxylic acids is 2. The van der Waals surface area contributed by atoms with Gasteiger partial charge in [-0.1, -0.05) is 18.2 Å². The van der Waals surface area contributed by atoms with E-state index in [1.807, 2.05) is 18.2 Å². The molecule has 0 unspecified atom stereocenters. The molecule has 1 saturated heterocycles. The van der Waals surface area contributed by atoms with E-state index >= 15 is 0 Å². The minimum absolute atomic E-state index is 0. The molecule has 5 nitrogen and oxygen atoms in total. The Morgan fingerprint density at radius 2 is 1.89 bits per heavy atom. The van der Waals surface area contributed by atoms with Gasteiger partial charge in [0.15, 0.2) is 0 Å². The van der Waals surface area contributed by atoms with Gasteiger partial charge in [-0.3, -0.25) is 9.59 Å². The van der Waals surface area contributed by atoms with Crippen molar-refractivity contribution in [3.05, 3.63) is 30.3 Å². The van der Waals surface area contributed by atoms with Crippen LogP contribution >= 0.6 is 12.4 Å². The third-order valence-corrected chi connectivity index (χ3v) is 2.63. The van der Waals surface area contributed by atoms with Crippen LogP contribution in [0.1, 0.15) is 0 Å². The third kappa shape index (κ3) is 4.01.